The average Bonchev–Trinajstić information content (AvgIpc) is 3.84. The van der Waals surface area contributed by atoms with Crippen molar-refractivity contribution in [2.75, 3.05) is 0 Å². The van der Waals surface area contributed by atoms with Gasteiger partial charge in [-0.2, -0.15) is 0 Å². The maximum absolute atomic E-state index is 12.6. The first-order valence-corrected chi connectivity index (χ1v) is 26.8. The molecule has 0 bridgehead atoms. The number of alkyl halides is 3. The highest BCUT2D eigenvalue weighted by atomic mass is 127. The Morgan fingerprint density at radius 1 is 0.642 bits per heavy atom. The van der Waals surface area contributed by atoms with E-state index in [2.05, 4.69) is 204 Å². The molecule has 0 aromatic heterocycles. The zero-order valence-electron chi connectivity index (χ0n) is 37.6. The van der Waals surface area contributed by atoms with E-state index < -0.39 is 11.9 Å². The minimum atomic E-state index is -0.922. The summed E-state index contributed by atoms with van der Waals surface area (Å²) in [4.78, 5) is 36.4. The van der Waals surface area contributed by atoms with Gasteiger partial charge in [-0.15, -0.1) is 0 Å². The molecule has 9 heteroatoms. The molecule has 1 N–H and O–H groups in total. The van der Waals surface area contributed by atoms with E-state index in [1.807, 2.05) is 6.08 Å². The van der Waals surface area contributed by atoms with Crippen molar-refractivity contribution < 1.29 is 29.0 Å². The summed E-state index contributed by atoms with van der Waals surface area (Å²) in [6.07, 6.45) is 20.5. The molecule has 2 heterocycles. The van der Waals surface area contributed by atoms with Crippen LogP contribution in [0.2, 0.25) is 0 Å². The molecule has 0 saturated heterocycles. The van der Waals surface area contributed by atoms with Crippen molar-refractivity contribution in [2.45, 2.75) is 109 Å². The normalized spacial score (nSPS) is 31.1. The molecule has 9 atom stereocenters. The van der Waals surface area contributed by atoms with Crippen LogP contribution in [0.15, 0.2) is 155 Å². The fourth-order valence-electron chi connectivity index (χ4n) is 12.7. The quantitative estimate of drug-likeness (QED) is 0.162. The summed E-state index contributed by atoms with van der Waals surface area (Å²) in [5.74, 6) is 1.70. The molecular weight excluding hydrogens is 1170 g/mol. The van der Waals surface area contributed by atoms with Crippen LogP contribution < -0.4 is 0 Å². The second-order valence-corrected chi connectivity index (χ2v) is 32.7. The second kappa shape index (κ2) is 19.0. The first-order chi connectivity index (χ1) is 31.6. The highest BCUT2D eigenvalue weighted by Gasteiger charge is 2.55. The largest absolute Gasteiger partial charge is 0.489 e. The number of ketones is 2. The van der Waals surface area contributed by atoms with Crippen molar-refractivity contribution in [1.29, 1.82) is 0 Å². The molecule has 2 fully saturated rings. The first-order valence-electron chi connectivity index (χ1n) is 23.5. The van der Waals surface area contributed by atoms with Crippen molar-refractivity contribution in [3.63, 3.8) is 0 Å². The number of ether oxygens (including phenoxy) is 2. The lowest BCUT2D eigenvalue weighted by Crippen LogP contribution is -2.41. The number of carbonyl (C=O) groups is 3. The third-order valence-corrected chi connectivity index (χ3v) is 16.0. The van der Waals surface area contributed by atoms with Gasteiger partial charge in [-0.1, -0.05) is 198 Å². The van der Waals surface area contributed by atoms with E-state index in [1.54, 1.807) is 0 Å². The Bertz CT molecular complexity index is 2850. The van der Waals surface area contributed by atoms with Crippen LogP contribution in [-0.4, -0.2) is 34.3 Å². The Kier molecular flexibility index (Phi) is 13.7. The Morgan fingerprint density at radius 2 is 1.10 bits per heavy atom. The highest BCUT2D eigenvalue weighted by molar-refractivity contribution is 14.3. The van der Waals surface area contributed by atoms with Gasteiger partial charge in [0.2, 0.25) is 0 Å². The summed E-state index contributed by atoms with van der Waals surface area (Å²) >= 11 is 7.05. The SMILES string of the molecule is C.CC(I)(I)I.C[C@]12C=CC3=CC4=C(CC(C(=O)O)CC4=O)O[C@H]3[C@@H]1CC[C@@H]2c1ccc2ccccc2c1.C[C@]12C=CC3=CC4=C(CCCC4=O)O[C@H]3[C@@H]1CC[C@@H]2c1ccc2ccccc2c1. The average molecular weight is 1230 g/mol. The molecule has 2 saturated carbocycles. The summed E-state index contributed by atoms with van der Waals surface area (Å²) in [6.45, 7) is 6.89. The number of halogens is 3. The van der Waals surface area contributed by atoms with Gasteiger partial charge in [0, 0.05) is 37.5 Å². The van der Waals surface area contributed by atoms with E-state index in [9.17, 15) is 19.5 Å². The maximum atomic E-state index is 12.6. The number of allylic oxidation sites excluding steroid dienone is 8. The molecule has 0 spiro atoms. The van der Waals surface area contributed by atoms with Gasteiger partial charge < -0.3 is 14.6 Å². The predicted octanol–water partition coefficient (Wildman–Crippen LogP) is 15.4. The van der Waals surface area contributed by atoms with Crippen LogP contribution in [0.25, 0.3) is 21.5 Å². The van der Waals surface area contributed by atoms with E-state index in [0.29, 0.717) is 47.3 Å². The lowest BCUT2D eigenvalue weighted by molar-refractivity contribution is -0.144. The molecule has 6 aliphatic carbocycles. The molecule has 8 aliphatic rings. The molecule has 6 nitrogen and oxygen atoms in total. The van der Waals surface area contributed by atoms with Crippen LogP contribution in [-0.2, 0) is 23.9 Å². The van der Waals surface area contributed by atoms with Gasteiger partial charge in [-0.3, -0.25) is 14.4 Å². The predicted molar refractivity (Wildman–Crippen MR) is 295 cm³/mol. The molecular formula is C58H59I3O6. The van der Waals surface area contributed by atoms with Crippen molar-refractivity contribution >= 4 is 107 Å². The van der Waals surface area contributed by atoms with Gasteiger partial charge in [-0.05, 0) is 118 Å². The number of hydrogen-bond donors (Lipinski definition) is 1. The highest BCUT2D eigenvalue weighted by Crippen LogP contribution is 2.61. The number of fused-ring (bicyclic) bond motifs is 8. The number of carboxylic acid groups (broad SMARTS) is 1. The van der Waals surface area contributed by atoms with Gasteiger partial charge in [0.1, 0.15) is 23.2 Å². The van der Waals surface area contributed by atoms with E-state index in [4.69, 9.17) is 9.47 Å². The first kappa shape index (κ1) is 48.5. The third kappa shape index (κ3) is 9.32. The Hall–Kier alpha value is -3.56. The number of hydrogen-bond acceptors (Lipinski definition) is 5. The molecule has 67 heavy (non-hydrogen) atoms. The van der Waals surface area contributed by atoms with Crippen LogP contribution in [0.3, 0.4) is 0 Å². The Labute approximate surface area is 436 Å². The van der Waals surface area contributed by atoms with Crippen molar-refractivity contribution in [3.8, 4) is 0 Å². The number of rotatable bonds is 3. The van der Waals surface area contributed by atoms with Gasteiger partial charge in [0.05, 0.1) is 17.1 Å². The number of carboxylic acids is 1. The molecule has 0 radical (unpaired) electrons. The lowest BCUT2D eigenvalue weighted by atomic mass is 9.64. The number of carbonyl (C=O) groups excluding carboxylic acids is 2. The van der Waals surface area contributed by atoms with Gasteiger partial charge in [-0.25, -0.2) is 0 Å². The molecule has 4 aromatic carbocycles. The van der Waals surface area contributed by atoms with Crippen LogP contribution >= 0.6 is 67.8 Å². The van der Waals surface area contributed by atoms with Crippen molar-refractivity contribution in [3.05, 3.63) is 166 Å². The second-order valence-electron chi connectivity index (χ2n) is 20.0. The molecule has 348 valence electrons. The van der Waals surface area contributed by atoms with Crippen LogP contribution in [0.1, 0.15) is 109 Å². The van der Waals surface area contributed by atoms with Crippen LogP contribution in [0.4, 0.5) is 0 Å². The Balaban J connectivity index is 0.000000151. The zero-order chi connectivity index (χ0) is 46.1. The van der Waals surface area contributed by atoms with Gasteiger partial charge in [0.25, 0.3) is 0 Å². The minimum absolute atomic E-state index is 0. The molecule has 4 aromatic rings. The number of Topliss-reactive ketones (excluding diaryl/α,β-unsaturated/α-hetero) is 2. The summed E-state index contributed by atoms with van der Waals surface area (Å²) in [5, 5.41) is 14.6. The van der Waals surface area contributed by atoms with E-state index in [-0.39, 0.29) is 48.5 Å². The summed E-state index contributed by atoms with van der Waals surface area (Å²) in [6, 6.07) is 30.9. The van der Waals surface area contributed by atoms with Gasteiger partial charge in [0.15, 0.2) is 11.6 Å². The van der Waals surface area contributed by atoms with E-state index >= 15 is 0 Å². The topological polar surface area (TPSA) is 89.9 Å². The van der Waals surface area contributed by atoms with E-state index in [1.165, 1.54) is 44.7 Å². The van der Waals surface area contributed by atoms with Crippen LogP contribution in [0.5, 0.6) is 0 Å². The molecule has 12 rings (SSSR count). The lowest BCUT2D eigenvalue weighted by Gasteiger charge is -2.44. The molecule has 0 amide bonds. The standard InChI is InChI=1S/C28H26O4.C27H26O2.C2H3I3.CH4/c1-28-11-10-19-13-21-24(29)14-20(27(30)31)15-25(21)32-26(19)23(28)9-8-22(28)18-7-6-16-4-2-3-5-17(16)12-18;1-27-14-13-20-16-21-24(28)7-4-8-25(21)29-26(20)23(27)12-11-22(27)19-10-9-17-5-2-3-6-18(17)15-19;1-2(3,4)5;/h2-7,10-13,20,22-23,26H,8-9,14-15H2,1H3,(H,30,31);2-3,5-6,9-10,13-16,22-23,26H,4,7-8,11-12H2,1H3;1H3;1H4/t20?,22-,23+,26-,28-;22-,23+,26-,27-;;/m11../s1. The zero-order valence-corrected chi connectivity index (χ0v) is 44.0. The van der Waals surface area contributed by atoms with Crippen molar-refractivity contribution in [1.82, 2.24) is 0 Å². The summed E-state index contributed by atoms with van der Waals surface area (Å²) in [5.41, 5.74) is 6.49. The Morgan fingerprint density at radius 3 is 1.60 bits per heavy atom. The van der Waals surface area contributed by atoms with E-state index in [0.717, 1.165) is 49.0 Å². The molecule has 1 unspecified atom stereocenters. The summed E-state index contributed by atoms with van der Waals surface area (Å²) < 4.78 is 13.4. The van der Waals surface area contributed by atoms with Gasteiger partial charge >= 0.3 is 5.97 Å². The summed E-state index contributed by atoms with van der Waals surface area (Å²) in [7, 11) is 0. The fraction of sp³-hybridized carbons (Fsp3) is 0.397. The molecule has 2 aliphatic heterocycles. The smallest absolute Gasteiger partial charge is 0.307 e. The monoisotopic (exact) mass is 1230 g/mol. The minimum Gasteiger partial charge on any atom is -0.489 e. The van der Waals surface area contributed by atoms with Crippen molar-refractivity contribution in [2.24, 2.45) is 28.6 Å². The maximum Gasteiger partial charge on any atom is 0.307 e. The van der Waals surface area contributed by atoms with Crippen LogP contribution in [0, 0.1) is 28.6 Å². The fourth-order valence-corrected chi connectivity index (χ4v) is 12.7. The third-order valence-electron chi connectivity index (χ3n) is 16.0. The number of aliphatic carboxylic acids is 1. The number of benzene rings is 4.